The van der Waals surface area contributed by atoms with Crippen molar-refractivity contribution >= 4 is 5.76 Å². The molecule has 2 heteroatoms. The van der Waals surface area contributed by atoms with Crippen LogP contribution in [-0.4, -0.2) is 14.2 Å². The molecule has 0 N–H and O–H groups in total. The molecule has 1 aromatic carbocycles. The topological polar surface area (TPSA) is 18.5 Å². The summed E-state index contributed by atoms with van der Waals surface area (Å²) >= 11 is 0. The molecular formula is C13H18O2. The first-order valence-electron chi connectivity index (χ1n) is 5.12. The first-order chi connectivity index (χ1) is 7.22. The van der Waals surface area contributed by atoms with Gasteiger partial charge in [-0.3, -0.25) is 0 Å². The van der Waals surface area contributed by atoms with Gasteiger partial charge in [0.2, 0.25) is 0 Å². The summed E-state index contributed by atoms with van der Waals surface area (Å²) in [7, 11) is 3.37. The highest BCUT2D eigenvalue weighted by molar-refractivity contribution is 5.62. The van der Waals surface area contributed by atoms with E-state index < -0.39 is 0 Å². The van der Waals surface area contributed by atoms with Gasteiger partial charge >= 0.3 is 0 Å². The zero-order valence-electron chi connectivity index (χ0n) is 9.83. The van der Waals surface area contributed by atoms with E-state index in [1.54, 1.807) is 14.2 Å². The maximum atomic E-state index is 5.32. The van der Waals surface area contributed by atoms with Gasteiger partial charge in [0.05, 0.1) is 14.2 Å². The van der Waals surface area contributed by atoms with Crippen LogP contribution >= 0.6 is 0 Å². The van der Waals surface area contributed by atoms with Gasteiger partial charge in [0.1, 0.15) is 11.5 Å². The predicted octanol–water partition coefficient (Wildman–Crippen LogP) is 3.40. The lowest BCUT2D eigenvalue weighted by atomic mass is 10.1. The van der Waals surface area contributed by atoms with E-state index in [-0.39, 0.29) is 0 Å². The average Bonchev–Trinajstić information content (AvgIpc) is 2.27. The highest BCUT2D eigenvalue weighted by Crippen LogP contribution is 2.24. The second-order valence-electron chi connectivity index (χ2n) is 3.37. The lowest BCUT2D eigenvalue weighted by Crippen LogP contribution is -1.92. The molecule has 0 aliphatic rings. The van der Waals surface area contributed by atoms with Crippen molar-refractivity contribution in [2.45, 2.75) is 20.3 Å². The molecule has 1 rings (SSSR count). The Bertz CT molecular complexity index is 354. The van der Waals surface area contributed by atoms with Gasteiger partial charge in [-0.1, -0.05) is 19.1 Å². The Hall–Kier alpha value is -1.44. The van der Waals surface area contributed by atoms with Crippen LogP contribution in [0.25, 0.3) is 5.76 Å². The third kappa shape index (κ3) is 2.75. The summed E-state index contributed by atoms with van der Waals surface area (Å²) in [6.45, 7) is 4.11. The fourth-order valence-corrected chi connectivity index (χ4v) is 1.48. The Morgan fingerprint density at radius 1 is 1.33 bits per heavy atom. The highest BCUT2D eigenvalue weighted by Gasteiger charge is 2.04. The quantitative estimate of drug-likeness (QED) is 0.703. The van der Waals surface area contributed by atoms with E-state index in [2.05, 4.69) is 13.0 Å². The summed E-state index contributed by atoms with van der Waals surface area (Å²) in [6.07, 6.45) is 3.02. The Kier molecular flexibility index (Phi) is 4.22. The smallest absolute Gasteiger partial charge is 0.122 e. The van der Waals surface area contributed by atoms with Crippen molar-refractivity contribution in [3.8, 4) is 5.75 Å². The van der Waals surface area contributed by atoms with Crippen molar-refractivity contribution in [1.29, 1.82) is 0 Å². The molecular weight excluding hydrogens is 188 g/mol. The second-order valence-corrected chi connectivity index (χ2v) is 3.37. The minimum atomic E-state index is 0.895. The van der Waals surface area contributed by atoms with Crippen molar-refractivity contribution in [3.05, 3.63) is 35.4 Å². The van der Waals surface area contributed by atoms with E-state index in [9.17, 15) is 0 Å². The van der Waals surface area contributed by atoms with Crippen LogP contribution in [0, 0.1) is 6.92 Å². The number of methoxy groups -OCH3 is 2. The molecule has 0 spiro atoms. The highest BCUT2D eigenvalue weighted by atomic mass is 16.5. The van der Waals surface area contributed by atoms with Crippen LogP contribution in [0.4, 0.5) is 0 Å². The van der Waals surface area contributed by atoms with Crippen molar-refractivity contribution in [2.75, 3.05) is 14.2 Å². The molecule has 0 heterocycles. The zero-order chi connectivity index (χ0) is 11.3. The summed E-state index contributed by atoms with van der Waals surface area (Å²) in [5.41, 5.74) is 2.19. The number of hydrogen-bond donors (Lipinski definition) is 0. The molecule has 0 radical (unpaired) electrons. The SMILES string of the molecule is CC/C=C(/OC)c1ccc(C)c(OC)c1. The van der Waals surface area contributed by atoms with Gasteiger partial charge in [-0.05, 0) is 31.1 Å². The molecule has 0 saturated carbocycles. The molecule has 15 heavy (non-hydrogen) atoms. The van der Waals surface area contributed by atoms with Crippen LogP contribution in [0.2, 0.25) is 0 Å². The van der Waals surface area contributed by atoms with Gasteiger partial charge in [-0.25, -0.2) is 0 Å². The molecule has 1 aromatic rings. The lowest BCUT2D eigenvalue weighted by molar-refractivity contribution is 0.368. The molecule has 0 bridgehead atoms. The summed E-state index contributed by atoms with van der Waals surface area (Å²) in [4.78, 5) is 0. The van der Waals surface area contributed by atoms with E-state index in [1.807, 2.05) is 25.1 Å². The molecule has 0 atom stereocenters. The van der Waals surface area contributed by atoms with E-state index >= 15 is 0 Å². The molecule has 2 nitrogen and oxygen atoms in total. The molecule has 0 fully saturated rings. The first kappa shape index (κ1) is 11.6. The largest absolute Gasteiger partial charge is 0.496 e. The molecule has 82 valence electrons. The Morgan fingerprint density at radius 3 is 2.60 bits per heavy atom. The van der Waals surface area contributed by atoms with Crippen molar-refractivity contribution in [2.24, 2.45) is 0 Å². The van der Waals surface area contributed by atoms with Crippen LogP contribution in [0.1, 0.15) is 24.5 Å². The van der Waals surface area contributed by atoms with Gasteiger partial charge in [0.15, 0.2) is 0 Å². The molecule has 0 aliphatic heterocycles. The maximum Gasteiger partial charge on any atom is 0.122 e. The molecule has 0 aliphatic carbocycles. The van der Waals surface area contributed by atoms with Gasteiger partial charge in [-0.15, -0.1) is 0 Å². The van der Waals surface area contributed by atoms with Crippen molar-refractivity contribution in [1.82, 2.24) is 0 Å². The van der Waals surface area contributed by atoms with Crippen LogP contribution in [-0.2, 0) is 4.74 Å². The van der Waals surface area contributed by atoms with Crippen molar-refractivity contribution < 1.29 is 9.47 Å². The van der Waals surface area contributed by atoms with Gasteiger partial charge in [0, 0.05) is 5.56 Å². The average molecular weight is 206 g/mol. The van der Waals surface area contributed by atoms with Crippen molar-refractivity contribution in [3.63, 3.8) is 0 Å². The fraction of sp³-hybridized carbons (Fsp3) is 0.385. The van der Waals surface area contributed by atoms with Gasteiger partial charge in [0.25, 0.3) is 0 Å². The molecule has 0 unspecified atom stereocenters. The third-order valence-electron chi connectivity index (χ3n) is 2.30. The second kappa shape index (κ2) is 5.44. The lowest BCUT2D eigenvalue weighted by Gasteiger charge is -2.10. The minimum absolute atomic E-state index is 0.895. The van der Waals surface area contributed by atoms with Crippen LogP contribution < -0.4 is 4.74 Å². The van der Waals surface area contributed by atoms with Gasteiger partial charge in [-0.2, -0.15) is 0 Å². The van der Waals surface area contributed by atoms with E-state index in [0.717, 1.165) is 29.1 Å². The monoisotopic (exact) mass is 206 g/mol. The number of ether oxygens (including phenoxy) is 2. The van der Waals surface area contributed by atoms with E-state index in [4.69, 9.17) is 9.47 Å². The summed E-state index contributed by atoms with van der Waals surface area (Å²) in [5, 5.41) is 0. The maximum absolute atomic E-state index is 5.32. The van der Waals surface area contributed by atoms with E-state index in [0.29, 0.717) is 0 Å². The number of benzene rings is 1. The standard InChI is InChI=1S/C13H18O2/c1-5-6-12(14-3)11-8-7-10(2)13(9-11)15-4/h6-9H,5H2,1-4H3/b12-6+. The van der Waals surface area contributed by atoms with Crippen LogP contribution in [0.15, 0.2) is 24.3 Å². The van der Waals surface area contributed by atoms with Crippen LogP contribution in [0.5, 0.6) is 5.75 Å². The van der Waals surface area contributed by atoms with Gasteiger partial charge < -0.3 is 9.47 Å². The first-order valence-corrected chi connectivity index (χ1v) is 5.12. The molecule has 0 amide bonds. The summed E-state index contributed by atoms with van der Waals surface area (Å²) < 4.78 is 10.6. The number of hydrogen-bond acceptors (Lipinski definition) is 2. The Balaban J connectivity index is 3.09. The molecule has 0 aromatic heterocycles. The Labute approximate surface area is 91.5 Å². The summed E-state index contributed by atoms with van der Waals surface area (Å²) in [5.74, 6) is 1.79. The zero-order valence-corrected chi connectivity index (χ0v) is 9.83. The molecule has 0 saturated heterocycles. The number of aryl methyl sites for hydroxylation is 1. The van der Waals surface area contributed by atoms with E-state index in [1.165, 1.54) is 0 Å². The number of allylic oxidation sites excluding steroid dienone is 1. The minimum Gasteiger partial charge on any atom is -0.496 e. The predicted molar refractivity (Wildman–Crippen MR) is 63.0 cm³/mol. The Morgan fingerprint density at radius 2 is 2.07 bits per heavy atom. The number of rotatable bonds is 4. The third-order valence-corrected chi connectivity index (χ3v) is 2.30. The normalized spacial score (nSPS) is 11.3. The van der Waals surface area contributed by atoms with Crippen LogP contribution in [0.3, 0.4) is 0 Å². The fourth-order valence-electron chi connectivity index (χ4n) is 1.48. The summed E-state index contributed by atoms with van der Waals surface area (Å²) in [6, 6.07) is 6.08.